The van der Waals surface area contributed by atoms with E-state index in [4.69, 9.17) is 4.74 Å². The Balaban J connectivity index is 1.92. The number of ether oxygens (including phenoxy) is 1. The molecule has 0 bridgehead atoms. The molecule has 1 aliphatic carbocycles. The number of rotatable bonds is 7. The van der Waals surface area contributed by atoms with Crippen molar-refractivity contribution in [3.8, 4) is 5.75 Å². The highest BCUT2D eigenvalue weighted by Gasteiger charge is 2.23. The lowest BCUT2D eigenvalue weighted by atomic mass is 10.0. The third-order valence-corrected chi connectivity index (χ3v) is 3.62. The molecule has 0 saturated heterocycles. The molecule has 1 unspecified atom stereocenters. The first kappa shape index (κ1) is 14.3. The molecule has 0 amide bonds. The summed E-state index contributed by atoms with van der Waals surface area (Å²) in [6.07, 6.45) is 2.32. The number of methoxy groups -OCH3 is 1. The molecule has 1 aromatic rings. The van der Waals surface area contributed by atoms with Crippen LogP contribution in [-0.2, 0) is 0 Å². The van der Waals surface area contributed by atoms with Gasteiger partial charge in [0.15, 0.2) is 0 Å². The fourth-order valence-electron chi connectivity index (χ4n) is 2.34. The molecule has 1 aromatic carbocycles. The van der Waals surface area contributed by atoms with Crippen LogP contribution in [0.3, 0.4) is 0 Å². The maximum Gasteiger partial charge on any atom is 0.132 e. The second-order valence-electron chi connectivity index (χ2n) is 5.37. The number of aliphatic hydroxyl groups excluding tert-OH is 1. The van der Waals surface area contributed by atoms with Gasteiger partial charge in [0.25, 0.3) is 0 Å². The van der Waals surface area contributed by atoms with Crippen LogP contribution >= 0.6 is 0 Å². The van der Waals surface area contributed by atoms with Crippen LogP contribution in [-0.4, -0.2) is 37.3 Å². The molecule has 19 heavy (non-hydrogen) atoms. The van der Waals surface area contributed by atoms with Crippen LogP contribution in [0, 0.1) is 11.7 Å². The van der Waals surface area contributed by atoms with Crippen molar-refractivity contribution in [1.29, 1.82) is 0 Å². The molecule has 1 fully saturated rings. The Hall–Kier alpha value is -1.13. The van der Waals surface area contributed by atoms with E-state index >= 15 is 0 Å². The molecule has 1 N–H and O–H groups in total. The van der Waals surface area contributed by atoms with Gasteiger partial charge in [-0.05, 0) is 44.4 Å². The molecule has 0 radical (unpaired) electrons. The highest BCUT2D eigenvalue weighted by molar-refractivity contribution is 5.36. The minimum Gasteiger partial charge on any atom is -0.496 e. The molecule has 4 heteroatoms. The molecular weight excluding hydrogens is 245 g/mol. The van der Waals surface area contributed by atoms with Crippen molar-refractivity contribution in [2.75, 3.05) is 27.2 Å². The number of nitrogens with zero attached hydrogens (tertiary/aromatic N) is 1. The Morgan fingerprint density at radius 3 is 2.84 bits per heavy atom. The molecule has 2 rings (SSSR count). The normalized spacial score (nSPS) is 16.7. The molecule has 1 aliphatic rings. The Morgan fingerprint density at radius 2 is 2.21 bits per heavy atom. The van der Waals surface area contributed by atoms with E-state index in [0.717, 1.165) is 19.0 Å². The van der Waals surface area contributed by atoms with Crippen LogP contribution in [0.4, 0.5) is 4.39 Å². The maximum atomic E-state index is 13.8. The van der Waals surface area contributed by atoms with Gasteiger partial charge in [-0.15, -0.1) is 0 Å². The first-order valence-corrected chi connectivity index (χ1v) is 6.80. The predicted octanol–water partition coefficient (Wildman–Crippen LogP) is 2.60. The van der Waals surface area contributed by atoms with Gasteiger partial charge < -0.3 is 14.7 Å². The molecule has 0 heterocycles. The van der Waals surface area contributed by atoms with Crippen LogP contribution < -0.4 is 4.74 Å². The molecule has 1 atom stereocenters. The third-order valence-electron chi connectivity index (χ3n) is 3.62. The third kappa shape index (κ3) is 3.91. The van der Waals surface area contributed by atoms with Crippen molar-refractivity contribution in [2.24, 2.45) is 5.92 Å². The minimum atomic E-state index is -0.821. The van der Waals surface area contributed by atoms with Gasteiger partial charge in [0.05, 0.1) is 18.8 Å². The minimum absolute atomic E-state index is 0.268. The SMILES string of the molecule is COc1cccc(F)c1C(O)CCN(C)CC1CC1. The lowest BCUT2D eigenvalue weighted by Gasteiger charge is -2.20. The Kier molecular flexibility index (Phi) is 4.77. The Labute approximate surface area is 114 Å². The number of hydrogen-bond acceptors (Lipinski definition) is 3. The number of benzene rings is 1. The van der Waals surface area contributed by atoms with E-state index in [1.165, 1.54) is 26.0 Å². The van der Waals surface area contributed by atoms with Gasteiger partial charge in [-0.1, -0.05) is 6.07 Å². The summed E-state index contributed by atoms with van der Waals surface area (Å²) >= 11 is 0. The smallest absolute Gasteiger partial charge is 0.132 e. The highest BCUT2D eigenvalue weighted by Crippen LogP contribution is 2.31. The Morgan fingerprint density at radius 1 is 1.47 bits per heavy atom. The summed E-state index contributed by atoms with van der Waals surface area (Å²) in [5.74, 6) is 0.833. The van der Waals surface area contributed by atoms with Gasteiger partial charge in [-0.3, -0.25) is 0 Å². The topological polar surface area (TPSA) is 32.7 Å². The Bertz CT molecular complexity index is 421. The van der Waals surface area contributed by atoms with Crippen molar-refractivity contribution in [3.63, 3.8) is 0 Å². The monoisotopic (exact) mass is 267 g/mol. The molecule has 0 aromatic heterocycles. The van der Waals surface area contributed by atoms with E-state index in [2.05, 4.69) is 4.90 Å². The predicted molar refractivity (Wildman–Crippen MR) is 72.7 cm³/mol. The molecule has 1 saturated carbocycles. The summed E-state index contributed by atoms with van der Waals surface area (Å²) in [4.78, 5) is 2.20. The summed E-state index contributed by atoms with van der Waals surface area (Å²) in [5.41, 5.74) is 0.268. The van der Waals surface area contributed by atoms with Gasteiger partial charge in [-0.2, -0.15) is 0 Å². The average molecular weight is 267 g/mol. The lowest BCUT2D eigenvalue weighted by molar-refractivity contribution is 0.140. The summed E-state index contributed by atoms with van der Waals surface area (Å²) in [7, 11) is 3.54. The average Bonchev–Trinajstić information content (AvgIpc) is 3.19. The number of aliphatic hydroxyl groups is 1. The number of halogens is 1. The standard InChI is InChI=1S/C15H22FNO2/c1-17(10-11-6-7-11)9-8-13(18)15-12(16)4-3-5-14(15)19-2/h3-5,11,13,18H,6-10H2,1-2H3. The zero-order valence-electron chi connectivity index (χ0n) is 11.6. The summed E-state index contributed by atoms with van der Waals surface area (Å²) < 4.78 is 18.9. The second kappa shape index (κ2) is 6.35. The van der Waals surface area contributed by atoms with E-state index in [1.54, 1.807) is 12.1 Å². The highest BCUT2D eigenvalue weighted by atomic mass is 19.1. The van der Waals surface area contributed by atoms with E-state index in [0.29, 0.717) is 12.2 Å². The first-order chi connectivity index (χ1) is 9.11. The zero-order valence-corrected chi connectivity index (χ0v) is 11.6. The zero-order chi connectivity index (χ0) is 13.8. The molecule has 106 valence electrons. The number of hydrogen-bond donors (Lipinski definition) is 1. The fraction of sp³-hybridized carbons (Fsp3) is 0.600. The van der Waals surface area contributed by atoms with Gasteiger partial charge >= 0.3 is 0 Å². The molecular formula is C15H22FNO2. The van der Waals surface area contributed by atoms with Crippen LogP contribution in [0.2, 0.25) is 0 Å². The molecule has 0 aliphatic heterocycles. The maximum absolute atomic E-state index is 13.8. The van der Waals surface area contributed by atoms with Crippen LogP contribution in [0.15, 0.2) is 18.2 Å². The lowest BCUT2D eigenvalue weighted by Crippen LogP contribution is -2.24. The van der Waals surface area contributed by atoms with Crippen molar-refractivity contribution >= 4 is 0 Å². The molecule has 3 nitrogen and oxygen atoms in total. The van der Waals surface area contributed by atoms with Gasteiger partial charge in [0.1, 0.15) is 11.6 Å². The van der Waals surface area contributed by atoms with E-state index in [9.17, 15) is 9.50 Å². The first-order valence-electron chi connectivity index (χ1n) is 6.80. The van der Waals surface area contributed by atoms with E-state index in [1.807, 2.05) is 7.05 Å². The van der Waals surface area contributed by atoms with Crippen molar-refractivity contribution in [2.45, 2.75) is 25.4 Å². The van der Waals surface area contributed by atoms with Crippen LogP contribution in [0.5, 0.6) is 5.75 Å². The quantitative estimate of drug-likeness (QED) is 0.824. The van der Waals surface area contributed by atoms with Gasteiger partial charge in [0.2, 0.25) is 0 Å². The van der Waals surface area contributed by atoms with E-state index < -0.39 is 11.9 Å². The second-order valence-corrected chi connectivity index (χ2v) is 5.37. The van der Waals surface area contributed by atoms with E-state index in [-0.39, 0.29) is 5.56 Å². The van der Waals surface area contributed by atoms with Crippen LogP contribution in [0.1, 0.15) is 30.9 Å². The molecule has 0 spiro atoms. The fourth-order valence-corrected chi connectivity index (χ4v) is 2.34. The summed E-state index contributed by atoms with van der Waals surface area (Å²) in [6.45, 7) is 1.83. The van der Waals surface area contributed by atoms with Gasteiger partial charge in [-0.25, -0.2) is 4.39 Å². The van der Waals surface area contributed by atoms with Gasteiger partial charge in [0, 0.05) is 13.1 Å². The summed E-state index contributed by atoms with van der Waals surface area (Å²) in [6, 6.07) is 4.62. The van der Waals surface area contributed by atoms with Crippen LogP contribution in [0.25, 0.3) is 0 Å². The summed E-state index contributed by atoms with van der Waals surface area (Å²) in [5, 5.41) is 10.2. The van der Waals surface area contributed by atoms with Crippen molar-refractivity contribution in [3.05, 3.63) is 29.6 Å². The van der Waals surface area contributed by atoms with Crippen molar-refractivity contribution in [1.82, 2.24) is 4.90 Å². The largest absolute Gasteiger partial charge is 0.496 e. The van der Waals surface area contributed by atoms with Crippen molar-refractivity contribution < 1.29 is 14.2 Å².